The third-order valence-corrected chi connectivity index (χ3v) is 5.64. The highest BCUT2D eigenvalue weighted by Gasteiger charge is 2.14. The highest BCUT2D eigenvalue weighted by atomic mass is 32.2. The second kappa shape index (κ2) is 9.49. The molecule has 0 aliphatic carbocycles. The maximum absolute atomic E-state index is 13.2. The Morgan fingerprint density at radius 2 is 1.71 bits per heavy atom. The lowest BCUT2D eigenvalue weighted by Crippen LogP contribution is -2.22. The zero-order chi connectivity index (χ0) is 21.6. The maximum atomic E-state index is 13.2. The van der Waals surface area contributed by atoms with Crippen molar-refractivity contribution in [2.45, 2.75) is 11.6 Å². The number of ether oxygens (including phenoxy) is 1. The van der Waals surface area contributed by atoms with Crippen LogP contribution in [-0.2, 0) is 4.79 Å². The number of amides is 1. The Morgan fingerprint density at radius 3 is 2.52 bits per heavy atom. The molecule has 1 heterocycles. The molecule has 0 aliphatic rings. The van der Waals surface area contributed by atoms with Crippen LogP contribution in [-0.4, -0.2) is 28.3 Å². The maximum Gasteiger partial charge on any atom is 0.266 e. The van der Waals surface area contributed by atoms with Gasteiger partial charge in [0.1, 0.15) is 5.75 Å². The number of anilines is 1. The van der Waals surface area contributed by atoms with E-state index in [0.29, 0.717) is 33.2 Å². The van der Waals surface area contributed by atoms with Gasteiger partial charge in [0.2, 0.25) is 5.91 Å². The van der Waals surface area contributed by atoms with Crippen LogP contribution in [0.1, 0.15) is 6.42 Å². The van der Waals surface area contributed by atoms with Crippen LogP contribution in [0.2, 0.25) is 0 Å². The number of aromatic nitrogens is 2. The molecule has 0 unspecified atom stereocenters. The first-order valence-corrected chi connectivity index (χ1v) is 10.8. The van der Waals surface area contributed by atoms with Crippen LogP contribution < -0.4 is 15.6 Å². The molecule has 31 heavy (non-hydrogen) atoms. The van der Waals surface area contributed by atoms with E-state index >= 15 is 0 Å². The van der Waals surface area contributed by atoms with Crippen molar-refractivity contribution in [3.05, 3.63) is 89.2 Å². The number of carbonyl (C=O) groups is 1. The van der Waals surface area contributed by atoms with Crippen molar-refractivity contribution < 1.29 is 9.53 Å². The standard InChI is InChI=1S/C24H21N3O3S/c1-30-21-14-8-7-13-20(21)25-22(28)15-16-31-24-26-19-12-6-5-11-18(19)23(29)27(24)17-9-3-2-4-10-17/h2-14H,15-16H2,1H3,(H,25,28). The van der Waals surface area contributed by atoms with E-state index in [1.165, 1.54) is 11.8 Å². The molecule has 3 aromatic carbocycles. The molecule has 7 heteroatoms. The molecular formula is C24H21N3O3S. The average Bonchev–Trinajstić information content (AvgIpc) is 2.80. The minimum Gasteiger partial charge on any atom is -0.495 e. The van der Waals surface area contributed by atoms with E-state index in [1.54, 1.807) is 29.9 Å². The molecule has 0 saturated carbocycles. The average molecular weight is 432 g/mol. The predicted molar refractivity (Wildman–Crippen MR) is 124 cm³/mol. The van der Waals surface area contributed by atoms with E-state index in [2.05, 4.69) is 5.32 Å². The number of para-hydroxylation sites is 4. The number of hydrogen-bond acceptors (Lipinski definition) is 5. The van der Waals surface area contributed by atoms with Crippen molar-refractivity contribution >= 4 is 34.3 Å². The van der Waals surface area contributed by atoms with Crippen LogP contribution in [0.3, 0.4) is 0 Å². The van der Waals surface area contributed by atoms with Gasteiger partial charge in [-0.05, 0) is 36.4 Å². The van der Waals surface area contributed by atoms with Crippen LogP contribution in [0.25, 0.3) is 16.6 Å². The van der Waals surface area contributed by atoms with E-state index in [0.717, 1.165) is 5.69 Å². The zero-order valence-corrected chi connectivity index (χ0v) is 17.8. The molecule has 4 rings (SSSR count). The molecule has 156 valence electrons. The largest absolute Gasteiger partial charge is 0.495 e. The molecule has 1 N–H and O–H groups in total. The van der Waals surface area contributed by atoms with Gasteiger partial charge < -0.3 is 10.1 Å². The molecule has 1 aromatic heterocycles. The minimum absolute atomic E-state index is 0.127. The molecule has 0 aliphatic heterocycles. The van der Waals surface area contributed by atoms with Crippen LogP contribution in [0, 0.1) is 0 Å². The SMILES string of the molecule is COc1ccccc1NC(=O)CCSc1nc2ccccc2c(=O)n1-c1ccccc1. The predicted octanol–water partition coefficient (Wildman–Crippen LogP) is 4.52. The molecule has 6 nitrogen and oxygen atoms in total. The van der Waals surface area contributed by atoms with E-state index in [9.17, 15) is 9.59 Å². The first kappa shape index (κ1) is 20.7. The van der Waals surface area contributed by atoms with E-state index in [-0.39, 0.29) is 17.9 Å². The van der Waals surface area contributed by atoms with Gasteiger partial charge in [0.25, 0.3) is 5.56 Å². The van der Waals surface area contributed by atoms with Crippen molar-refractivity contribution in [2.24, 2.45) is 0 Å². The smallest absolute Gasteiger partial charge is 0.266 e. The Morgan fingerprint density at radius 1 is 1.00 bits per heavy atom. The lowest BCUT2D eigenvalue weighted by atomic mass is 10.2. The molecular weight excluding hydrogens is 410 g/mol. The monoisotopic (exact) mass is 431 g/mol. The molecule has 0 spiro atoms. The molecule has 0 atom stereocenters. The number of methoxy groups -OCH3 is 1. The summed E-state index contributed by atoms with van der Waals surface area (Å²) in [5, 5.41) is 3.98. The Labute approximate surface area is 183 Å². The van der Waals surface area contributed by atoms with Gasteiger partial charge in [-0.2, -0.15) is 0 Å². The summed E-state index contributed by atoms with van der Waals surface area (Å²) in [7, 11) is 1.56. The first-order valence-electron chi connectivity index (χ1n) is 9.80. The minimum atomic E-state index is -0.133. The van der Waals surface area contributed by atoms with Crippen LogP contribution >= 0.6 is 11.8 Å². The molecule has 1 amide bonds. The van der Waals surface area contributed by atoms with Crippen LogP contribution in [0.5, 0.6) is 5.75 Å². The highest BCUT2D eigenvalue weighted by molar-refractivity contribution is 7.99. The van der Waals surface area contributed by atoms with E-state index in [4.69, 9.17) is 9.72 Å². The van der Waals surface area contributed by atoms with Crippen LogP contribution in [0.4, 0.5) is 5.69 Å². The van der Waals surface area contributed by atoms with Gasteiger partial charge in [0.15, 0.2) is 5.16 Å². The number of carbonyl (C=O) groups excluding carboxylic acids is 1. The van der Waals surface area contributed by atoms with Gasteiger partial charge in [-0.3, -0.25) is 14.2 Å². The zero-order valence-electron chi connectivity index (χ0n) is 16.9. The molecule has 0 saturated heterocycles. The first-order chi connectivity index (χ1) is 15.2. The summed E-state index contributed by atoms with van der Waals surface area (Å²) in [6, 6.07) is 24.0. The van der Waals surface area contributed by atoms with Crippen molar-refractivity contribution in [3.63, 3.8) is 0 Å². The summed E-state index contributed by atoms with van der Waals surface area (Å²) < 4.78 is 6.87. The normalized spacial score (nSPS) is 10.7. The number of nitrogens with zero attached hydrogens (tertiary/aromatic N) is 2. The summed E-state index contributed by atoms with van der Waals surface area (Å²) in [4.78, 5) is 30.3. The molecule has 0 radical (unpaired) electrons. The highest BCUT2D eigenvalue weighted by Crippen LogP contribution is 2.24. The van der Waals surface area contributed by atoms with Gasteiger partial charge in [0.05, 0.1) is 29.4 Å². The fraction of sp³-hybridized carbons (Fsp3) is 0.125. The number of benzene rings is 3. The quantitative estimate of drug-likeness (QED) is 0.344. The van der Waals surface area contributed by atoms with E-state index in [1.807, 2.05) is 60.7 Å². The van der Waals surface area contributed by atoms with Crippen molar-refractivity contribution in [2.75, 3.05) is 18.2 Å². The Kier molecular flexibility index (Phi) is 6.33. The summed E-state index contributed by atoms with van der Waals surface area (Å²) >= 11 is 1.38. The molecule has 4 aromatic rings. The van der Waals surface area contributed by atoms with Gasteiger partial charge in [0, 0.05) is 12.2 Å². The lowest BCUT2D eigenvalue weighted by molar-refractivity contribution is -0.115. The third-order valence-electron chi connectivity index (χ3n) is 4.70. The van der Waals surface area contributed by atoms with Crippen molar-refractivity contribution in [3.8, 4) is 11.4 Å². The van der Waals surface area contributed by atoms with Gasteiger partial charge in [-0.25, -0.2) is 4.98 Å². The Bertz CT molecular complexity index is 1270. The summed E-state index contributed by atoms with van der Waals surface area (Å²) in [6.45, 7) is 0. The third kappa shape index (κ3) is 4.62. The second-order valence-corrected chi connectivity index (χ2v) is 7.80. The number of fused-ring (bicyclic) bond motifs is 1. The van der Waals surface area contributed by atoms with Crippen LogP contribution in [0.15, 0.2) is 88.8 Å². The van der Waals surface area contributed by atoms with E-state index < -0.39 is 0 Å². The second-order valence-electron chi connectivity index (χ2n) is 6.73. The van der Waals surface area contributed by atoms with Gasteiger partial charge in [-0.15, -0.1) is 0 Å². The van der Waals surface area contributed by atoms with Gasteiger partial charge >= 0.3 is 0 Å². The summed E-state index contributed by atoms with van der Waals surface area (Å²) in [6.07, 6.45) is 0.264. The van der Waals surface area contributed by atoms with Crippen molar-refractivity contribution in [1.29, 1.82) is 0 Å². The summed E-state index contributed by atoms with van der Waals surface area (Å²) in [5.41, 5.74) is 1.88. The van der Waals surface area contributed by atoms with Crippen molar-refractivity contribution in [1.82, 2.24) is 9.55 Å². The number of rotatable bonds is 7. The lowest BCUT2D eigenvalue weighted by Gasteiger charge is -2.13. The molecule has 0 bridgehead atoms. The molecule has 0 fully saturated rings. The number of hydrogen-bond donors (Lipinski definition) is 1. The van der Waals surface area contributed by atoms with Gasteiger partial charge in [-0.1, -0.05) is 54.2 Å². The topological polar surface area (TPSA) is 73.2 Å². The fourth-order valence-electron chi connectivity index (χ4n) is 3.21. The fourth-order valence-corrected chi connectivity index (χ4v) is 4.16. The Hall–Kier alpha value is -3.58. The number of thioether (sulfide) groups is 1. The summed E-state index contributed by atoms with van der Waals surface area (Å²) in [5.74, 6) is 0.947. The Balaban J connectivity index is 1.55. The number of nitrogens with one attached hydrogen (secondary N) is 1.